The summed E-state index contributed by atoms with van der Waals surface area (Å²) in [5.41, 5.74) is 0. The van der Waals surface area contributed by atoms with Crippen LogP contribution in [0.1, 0.15) is 45.4 Å². The van der Waals surface area contributed by atoms with E-state index in [9.17, 15) is 4.79 Å². The summed E-state index contributed by atoms with van der Waals surface area (Å²) in [6.07, 6.45) is 7.62. The average molecular weight is 296 g/mol. The van der Waals surface area contributed by atoms with E-state index in [0.717, 1.165) is 30.7 Å². The Kier molecular flexibility index (Phi) is 4.36. The first kappa shape index (κ1) is 14.4. The average Bonchev–Trinajstić information content (AvgIpc) is 3.08. The number of carbonyl (C=O) groups excluding carboxylic acids is 1. The molecule has 0 radical (unpaired) electrons. The largest absolute Gasteiger partial charge is 0.381 e. The van der Waals surface area contributed by atoms with Crippen LogP contribution in [0.25, 0.3) is 0 Å². The minimum absolute atomic E-state index is 0.111. The molecular formula is C15H24N2O2S. The molecule has 3 fully saturated rings. The van der Waals surface area contributed by atoms with Crippen molar-refractivity contribution in [3.8, 4) is 0 Å². The number of hydrogen-bond donors (Lipinski definition) is 1. The number of amidine groups is 1. The maximum absolute atomic E-state index is 12.3. The number of aliphatic imine (C=N–C) groups is 1. The second-order valence-corrected chi connectivity index (χ2v) is 7.81. The summed E-state index contributed by atoms with van der Waals surface area (Å²) in [6.45, 7) is 4.39. The van der Waals surface area contributed by atoms with E-state index >= 15 is 0 Å². The highest BCUT2D eigenvalue weighted by Gasteiger charge is 2.49. The summed E-state index contributed by atoms with van der Waals surface area (Å²) in [5.74, 6) is 1.14. The van der Waals surface area contributed by atoms with Crippen molar-refractivity contribution in [1.82, 2.24) is 5.32 Å². The van der Waals surface area contributed by atoms with Crippen LogP contribution in [0.2, 0.25) is 0 Å². The zero-order chi connectivity index (χ0) is 14.0. The molecule has 0 spiro atoms. The van der Waals surface area contributed by atoms with Gasteiger partial charge in [-0.05, 0) is 32.1 Å². The van der Waals surface area contributed by atoms with E-state index < -0.39 is 0 Å². The van der Waals surface area contributed by atoms with E-state index in [4.69, 9.17) is 4.74 Å². The van der Waals surface area contributed by atoms with E-state index in [0.29, 0.717) is 12.5 Å². The lowest BCUT2D eigenvalue weighted by molar-refractivity contribution is -0.122. The van der Waals surface area contributed by atoms with Gasteiger partial charge in [0, 0.05) is 19.1 Å². The number of hydrogen-bond acceptors (Lipinski definition) is 4. The molecule has 2 saturated heterocycles. The summed E-state index contributed by atoms with van der Waals surface area (Å²) >= 11 is 1.62. The molecular weight excluding hydrogens is 272 g/mol. The molecule has 0 aromatic carbocycles. The van der Waals surface area contributed by atoms with Crippen LogP contribution in [-0.2, 0) is 9.53 Å². The van der Waals surface area contributed by atoms with Gasteiger partial charge in [0.25, 0.3) is 0 Å². The van der Waals surface area contributed by atoms with Gasteiger partial charge in [0.15, 0.2) is 5.17 Å². The highest BCUT2D eigenvalue weighted by molar-refractivity contribution is 8.16. The quantitative estimate of drug-likeness (QED) is 0.871. The van der Waals surface area contributed by atoms with Crippen molar-refractivity contribution in [2.45, 2.75) is 50.2 Å². The first-order valence-corrected chi connectivity index (χ1v) is 8.63. The molecule has 1 amide bonds. The molecule has 2 aliphatic heterocycles. The Morgan fingerprint density at radius 1 is 1.35 bits per heavy atom. The number of carbonyl (C=O) groups is 1. The molecule has 0 aromatic heterocycles. The van der Waals surface area contributed by atoms with E-state index in [1.54, 1.807) is 11.8 Å². The number of thioether (sulfide) groups is 1. The summed E-state index contributed by atoms with van der Waals surface area (Å²) < 4.78 is 5.05. The van der Waals surface area contributed by atoms with Crippen molar-refractivity contribution in [3.63, 3.8) is 0 Å². The minimum Gasteiger partial charge on any atom is -0.381 e. The van der Waals surface area contributed by atoms with Gasteiger partial charge < -0.3 is 10.1 Å². The zero-order valence-electron chi connectivity index (χ0n) is 12.2. The highest BCUT2D eigenvalue weighted by Crippen LogP contribution is 2.41. The molecule has 3 rings (SSSR count). The predicted molar refractivity (Wildman–Crippen MR) is 81.9 cm³/mol. The van der Waals surface area contributed by atoms with Crippen LogP contribution in [0, 0.1) is 11.8 Å². The molecule has 1 saturated carbocycles. The van der Waals surface area contributed by atoms with Gasteiger partial charge >= 0.3 is 0 Å². The molecule has 0 bridgehead atoms. The number of nitrogens with zero attached hydrogens (tertiary/aromatic N) is 1. The summed E-state index contributed by atoms with van der Waals surface area (Å²) in [6, 6.07) is 0. The Balaban J connectivity index is 1.60. The van der Waals surface area contributed by atoms with Crippen molar-refractivity contribution in [3.05, 3.63) is 0 Å². The Hall–Kier alpha value is -0.550. The van der Waals surface area contributed by atoms with Gasteiger partial charge in [0.05, 0.1) is 6.61 Å². The van der Waals surface area contributed by atoms with Gasteiger partial charge in [-0.15, -0.1) is 0 Å². The number of nitrogens with one attached hydrogen (secondary N) is 1. The molecule has 112 valence electrons. The van der Waals surface area contributed by atoms with Crippen molar-refractivity contribution in [1.29, 1.82) is 0 Å². The number of amides is 1. The molecule has 4 nitrogen and oxygen atoms in total. The fourth-order valence-electron chi connectivity index (χ4n) is 3.39. The standard InChI is InChI=1S/C15H24N2O2S/c1-15(12-7-8-19-10-12)13(18)17-14(20-15)16-9-11-5-3-2-4-6-11/h11-12H,2-10H2,1H3,(H,16,17,18)/t12?,15-/m0/s1. The topological polar surface area (TPSA) is 50.7 Å². The van der Waals surface area contributed by atoms with Crippen molar-refractivity contribution < 1.29 is 9.53 Å². The number of ether oxygens (including phenoxy) is 1. The van der Waals surface area contributed by atoms with Crippen LogP contribution in [0.3, 0.4) is 0 Å². The summed E-state index contributed by atoms with van der Waals surface area (Å²) in [5, 5.41) is 3.81. The second-order valence-electron chi connectivity index (χ2n) is 6.37. The Labute approximate surface area is 125 Å². The molecule has 1 N–H and O–H groups in total. The van der Waals surface area contributed by atoms with Crippen LogP contribution in [-0.4, -0.2) is 35.6 Å². The van der Waals surface area contributed by atoms with Gasteiger partial charge in [-0.1, -0.05) is 31.0 Å². The summed E-state index contributed by atoms with van der Waals surface area (Å²) in [7, 11) is 0. The summed E-state index contributed by atoms with van der Waals surface area (Å²) in [4.78, 5) is 16.9. The first-order valence-electron chi connectivity index (χ1n) is 7.81. The zero-order valence-corrected chi connectivity index (χ0v) is 13.0. The van der Waals surface area contributed by atoms with Gasteiger partial charge in [0.2, 0.25) is 5.91 Å². The molecule has 20 heavy (non-hydrogen) atoms. The van der Waals surface area contributed by atoms with Crippen LogP contribution < -0.4 is 5.32 Å². The molecule has 3 aliphatic rings. The van der Waals surface area contributed by atoms with E-state index in [-0.39, 0.29) is 10.7 Å². The third-order valence-electron chi connectivity index (χ3n) is 4.91. The van der Waals surface area contributed by atoms with Crippen LogP contribution in [0.4, 0.5) is 0 Å². The SMILES string of the molecule is C[C@@]1(C2CCOC2)SC(=NCC2CCCCC2)NC1=O. The Morgan fingerprint density at radius 3 is 2.85 bits per heavy atom. The van der Waals surface area contributed by atoms with E-state index in [1.807, 2.05) is 6.92 Å². The third kappa shape index (κ3) is 2.89. The van der Waals surface area contributed by atoms with Crippen LogP contribution in [0.15, 0.2) is 4.99 Å². The molecule has 0 aromatic rings. The fraction of sp³-hybridized carbons (Fsp3) is 0.867. The molecule has 2 heterocycles. The predicted octanol–water partition coefficient (Wildman–Crippen LogP) is 2.58. The van der Waals surface area contributed by atoms with E-state index in [2.05, 4.69) is 10.3 Å². The normalized spacial score (nSPS) is 37.5. The van der Waals surface area contributed by atoms with Gasteiger partial charge in [0.1, 0.15) is 4.75 Å². The second kappa shape index (κ2) is 6.06. The maximum Gasteiger partial charge on any atom is 0.242 e. The smallest absolute Gasteiger partial charge is 0.242 e. The fourth-order valence-corrected chi connectivity index (χ4v) is 4.57. The van der Waals surface area contributed by atoms with Crippen molar-refractivity contribution in [2.75, 3.05) is 19.8 Å². The Morgan fingerprint density at radius 2 is 2.15 bits per heavy atom. The van der Waals surface area contributed by atoms with Gasteiger partial charge in [-0.3, -0.25) is 9.79 Å². The first-order chi connectivity index (χ1) is 9.68. The molecule has 2 atom stereocenters. The van der Waals surface area contributed by atoms with Crippen LogP contribution in [0.5, 0.6) is 0 Å². The lowest BCUT2D eigenvalue weighted by Crippen LogP contribution is -2.40. The van der Waals surface area contributed by atoms with Crippen LogP contribution >= 0.6 is 11.8 Å². The van der Waals surface area contributed by atoms with Crippen molar-refractivity contribution in [2.24, 2.45) is 16.8 Å². The number of rotatable bonds is 3. The monoisotopic (exact) mass is 296 g/mol. The maximum atomic E-state index is 12.3. The van der Waals surface area contributed by atoms with E-state index in [1.165, 1.54) is 32.1 Å². The van der Waals surface area contributed by atoms with Gasteiger partial charge in [-0.2, -0.15) is 0 Å². The van der Waals surface area contributed by atoms with Crippen molar-refractivity contribution >= 4 is 22.8 Å². The molecule has 1 aliphatic carbocycles. The third-order valence-corrected chi connectivity index (χ3v) is 6.27. The lowest BCUT2D eigenvalue weighted by atomic mass is 9.89. The molecule has 5 heteroatoms. The lowest BCUT2D eigenvalue weighted by Gasteiger charge is -2.24. The minimum atomic E-state index is -0.387. The van der Waals surface area contributed by atoms with Gasteiger partial charge in [-0.25, -0.2) is 0 Å². The highest BCUT2D eigenvalue weighted by atomic mass is 32.2. The molecule has 1 unspecified atom stereocenters. The Bertz CT molecular complexity index is 401.